The maximum Gasteiger partial charge on any atom is 0.0504 e. The van der Waals surface area contributed by atoms with E-state index in [0.717, 1.165) is 13.0 Å². The Kier molecular flexibility index (Phi) is 8.30. The summed E-state index contributed by atoms with van der Waals surface area (Å²) in [5.41, 5.74) is 7.10. The maximum absolute atomic E-state index is 5.14. The summed E-state index contributed by atoms with van der Waals surface area (Å²) in [4.78, 5) is 10.2. The molecule has 0 bridgehead atoms. The van der Waals surface area contributed by atoms with E-state index < -0.39 is 0 Å². The molecule has 2 aliphatic heterocycles. The lowest BCUT2D eigenvalue weighted by Gasteiger charge is -2.41. The molecule has 3 heteroatoms. The topological polar surface area (TPSA) is 18.8 Å². The van der Waals surface area contributed by atoms with Crippen molar-refractivity contribution in [2.45, 2.75) is 78.1 Å². The highest BCUT2D eigenvalue weighted by atomic mass is 15.1. The summed E-state index contributed by atoms with van der Waals surface area (Å²) in [7, 11) is 2.25. The fourth-order valence-corrected chi connectivity index (χ4v) is 5.36. The van der Waals surface area contributed by atoms with Gasteiger partial charge in [-0.25, -0.2) is 0 Å². The van der Waals surface area contributed by atoms with Crippen LogP contribution in [0.3, 0.4) is 0 Å². The van der Waals surface area contributed by atoms with Gasteiger partial charge in [-0.3, -0.25) is 9.89 Å². The zero-order valence-electron chi connectivity index (χ0n) is 20.1. The van der Waals surface area contributed by atoms with Crippen LogP contribution in [0.5, 0.6) is 0 Å². The van der Waals surface area contributed by atoms with Gasteiger partial charge >= 0.3 is 0 Å². The lowest BCUT2D eigenvalue weighted by molar-refractivity contribution is 0.182. The fourth-order valence-electron chi connectivity index (χ4n) is 5.36. The fraction of sp³-hybridized carbons (Fsp3) is 0.667. The summed E-state index contributed by atoms with van der Waals surface area (Å²) in [6.45, 7) is 14.9. The molecule has 0 atom stereocenters. The van der Waals surface area contributed by atoms with E-state index in [1.54, 1.807) is 5.56 Å². The first-order chi connectivity index (χ1) is 14.5. The molecule has 3 nitrogen and oxygen atoms in total. The quantitative estimate of drug-likeness (QED) is 0.518. The lowest BCUT2D eigenvalue weighted by Crippen LogP contribution is -2.40. The van der Waals surface area contributed by atoms with Gasteiger partial charge < -0.3 is 4.90 Å². The molecule has 1 aromatic rings. The molecule has 0 unspecified atom stereocenters. The Morgan fingerprint density at radius 2 is 1.77 bits per heavy atom. The Morgan fingerprint density at radius 3 is 2.33 bits per heavy atom. The average Bonchev–Trinajstić information content (AvgIpc) is 2.78. The summed E-state index contributed by atoms with van der Waals surface area (Å²) < 4.78 is 0. The number of nitrogens with zero attached hydrogens (tertiary/aromatic N) is 3. The van der Waals surface area contributed by atoms with Gasteiger partial charge in [-0.15, -0.1) is 0 Å². The van der Waals surface area contributed by atoms with Crippen LogP contribution >= 0.6 is 0 Å². The highest BCUT2D eigenvalue weighted by Gasteiger charge is 2.34. The number of piperidine rings is 2. The lowest BCUT2D eigenvalue weighted by atomic mass is 9.69. The van der Waals surface area contributed by atoms with Crippen LogP contribution in [0.4, 0.5) is 0 Å². The number of likely N-dealkylation sites (tertiary alicyclic amines) is 2. The van der Waals surface area contributed by atoms with Crippen LogP contribution < -0.4 is 0 Å². The number of aryl methyl sites for hydroxylation is 1. The maximum atomic E-state index is 5.14. The second-order valence-electron chi connectivity index (χ2n) is 9.50. The van der Waals surface area contributed by atoms with E-state index >= 15 is 0 Å². The molecular formula is C27H43N3. The first-order valence-corrected chi connectivity index (χ1v) is 12.3. The Balaban J connectivity index is 1.81. The Labute approximate surface area is 185 Å². The number of benzene rings is 1. The smallest absolute Gasteiger partial charge is 0.0504 e. The first-order valence-electron chi connectivity index (χ1n) is 12.3. The van der Waals surface area contributed by atoms with Gasteiger partial charge in [0.15, 0.2) is 0 Å². The van der Waals surface area contributed by atoms with Gasteiger partial charge in [0, 0.05) is 12.3 Å². The van der Waals surface area contributed by atoms with E-state index in [0.29, 0.717) is 5.41 Å². The second-order valence-corrected chi connectivity index (χ2v) is 9.50. The molecule has 30 heavy (non-hydrogen) atoms. The van der Waals surface area contributed by atoms with Crippen molar-refractivity contribution >= 4 is 5.71 Å². The molecule has 0 aliphatic carbocycles. The SMILES string of the molecule is C/C=C(/CN1CCCCC1)N=C(CC)c1ccc(C2(CC)CCN(C)CC2)c(C)c1. The average molecular weight is 410 g/mol. The van der Waals surface area contributed by atoms with E-state index in [1.165, 1.54) is 87.2 Å². The van der Waals surface area contributed by atoms with Crippen molar-refractivity contribution in [1.29, 1.82) is 0 Å². The third-order valence-corrected chi connectivity index (χ3v) is 7.53. The first kappa shape index (κ1) is 23.2. The van der Waals surface area contributed by atoms with E-state index in [1.807, 2.05) is 0 Å². The number of hydrogen-bond donors (Lipinski definition) is 0. The zero-order chi connectivity index (χ0) is 21.6. The van der Waals surface area contributed by atoms with E-state index in [4.69, 9.17) is 4.99 Å². The summed E-state index contributed by atoms with van der Waals surface area (Å²) >= 11 is 0. The Bertz CT molecular complexity index is 747. The van der Waals surface area contributed by atoms with Crippen molar-refractivity contribution in [2.75, 3.05) is 39.8 Å². The monoisotopic (exact) mass is 409 g/mol. The van der Waals surface area contributed by atoms with Gasteiger partial charge in [0.2, 0.25) is 0 Å². The summed E-state index contributed by atoms with van der Waals surface area (Å²) in [6.07, 6.45) is 11.0. The van der Waals surface area contributed by atoms with E-state index in [9.17, 15) is 0 Å². The molecule has 0 amide bonds. The minimum Gasteiger partial charge on any atom is -0.306 e. The van der Waals surface area contributed by atoms with Gasteiger partial charge in [0.1, 0.15) is 0 Å². The number of hydrogen-bond acceptors (Lipinski definition) is 3. The van der Waals surface area contributed by atoms with Crippen molar-refractivity contribution in [3.8, 4) is 0 Å². The Hall–Kier alpha value is -1.45. The highest BCUT2D eigenvalue weighted by molar-refractivity contribution is 6.01. The minimum absolute atomic E-state index is 0.349. The van der Waals surface area contributed by atoms with Crippen LogP contribution in [-0.2, 0) is 5.41 Å². The van der Waals surface area contributed by atoms with Crippen molar-refractivity contribution in [3.63, 3.8) is 0 Å². The molecule has 0 N–H and O–H groups in total. The van der Waals surface area contributed by atoms with E-state index in [-0.39, 0.29) is 0 Å². The highest BCUT2D eigenvalue weighted by Crippen LogP contribution is 2.40. The molecular weight excluding hydrogens is 366 g/mol. The molecule has 3 rings (SSSR count). The predicted octanol–water partition coefficient (Wildman–Crippen LogP) is 5.96. The molecule has 166 valence electrons. The van der Waals surface area contributed by atoms with Crippen molar-refractivity contribution < 1.29 is 0 Å². The molecule has 2 heterocycles. The summed E-state index contributed by atoms with van der Waals surface area (Å²) in [5.74, 6) is 0. The molecule has 0 aromatic heterocycles. The molecule has 2 aliphatic rings. The number of allylic oxidation sites excluding steroid dienone is 1. The largest absolute Gasteiger partial charge is 0.306 e. The van der Waals surface area contributed by atoms with E-state index in [2.05, 4.69) is 68.8 Å². The van der Waals surface area contributed by atoms with Gasteiger partial charge in [0.05, 0.1) is 5.70 Å². The summed E-state index contributed by atoms with van der Waals surface area (Å²) in [6, 6.07) is 7.17. The van der Waals surface area contributed by atoms with Crippen LogP contribution in [0, 0.1) is 6.92 Å². The molecule has 2 fully saturated rings. The third-order valence-electron chi connectivity index (χ3n) is 7.53. The van der Waals surface area contributed by atoms with Crippen LogP contribution in [0.1, 0.15) is 82.4 Å². The summed E-state index contributed by atoms with van der Waals surface area (Å²) in [5, 5.41) is 0. The van der Waals surface area contributed by atoms with Crippen molar-refractivity contribution in [3.05, 3.63) is 46.7 Å². The van der Waals surface area contributed by atoms with Gasteiger partial charge in [-0.1, -0.05) is 38.5 Å². The molecule has 1 aromatic carbocycles. The molecule has 2 saturated heterocycles. The minimum atomic E-state index is 0.349. The molecule has 0 spiro atoms. The van der Waals surface area contributed by atoms with Gasteiger partial charge in [-0.2, -0.15) is 0 Å². The third kappa shape index (κ3) is 5.42. The second kappa shape index (κ2) is 10.7. The standard InChI is InChI=1S/C27H43N3/c1-6-24(21-30-16-10-9-11-17-30)28-26(7-2)23-12-13-25(22(4)20-23)27(8-3)14-18-29(5)19-15-27/h6,12-13,20H,7-11,14-19,21H2,1-5H3/b24-6-,28-26?. The van der Waals surface area contributed by atoms with Crippen molar-refractivity contribution in [2.24, 2.45) is 4.99 Å². The molecule has 0 saturated carbocycles. The molecule has 0 radical (unpaired) electrons. The van der Waals surface area contributed by atoms with Crippen LogP contribution in [0.25, 0.3) is 0 Å². The normalized spacial score (nSPS) is 21.8. The van der Waals surface area contributed by atoms with Crippen molar-refractivity contribution in [1.82, 2.24) is 9.80 Å². The Morgan fingerprint density at radius 1 is 1.07 bits per heavy atom. The van der Waals surface area contributed by atoms with Gasteiger partial charge in [-0.05, 0) is 114 Å². The zero-order valence-corrected chi connectivity index (χ0v) is 20.1. The predicted molar refractivity (Wildman–Crippen MR) is 131 cm³/mol. The van der Waals surface area contributed by atoms with Gasteiger partial charge in [0.25, 0.3) is 0 Å². The van der Waals surface area contributed by atoms with Crippen LogP contribution in [-0.4, -0.2) is 55.3 Å². The number of rotatable bonds is 7. The van der Waals surface area contributed by atoms with Crippen LogP contribution in [0.15, 0.2) is 35.0 Å². The number of aliphatic imine (C=N–C) groups is 1. The van der Waals surface area contributed by atoms with Crippen LogP contribution in [0.2, 0.25) is 0 Å².